The molecule has 2 N–H and O–H groups in total. The average molecular weight is 302 g/mol. The Kier molecular flexibility index (Phi) is 4.55. The molecule has 0 amide bonds. The molecule has 1 aromatic carbocycles. The highest BCUT2D eigenvalue weighted by Crippen LogP contribution is 2.23. The molecule has 1 atom stereocenters. The van der Waals surface area contributed by atoms with E-state index in [4.69, 9.17) is 10.5 Å². The molecule has 1 fully saturated rings. The number of nitrogen functional groups attached to an aromatic ring is 1. The van der Waals surface area contributed by atoms with Crippen LogP contribution in [0.5, 0.6) is 0 Å². The second-order valence-corrected chi connectivity index (χ2v) is 5.99. The van der Waals surface area contributed by atoms with Crippen LogP contribution >= 0.6 is 27.7 Å². The second kappa shape index (κ2) is 5.94. The summed E-state index contributed by atoms with van der Waals surface area (Å²) >= 11 is 5.38. The summed E-state index contributed by atoms with van der Waals surface area (Å²) in [5.41, 5.74) is 7.88. The van der Waals surface area contributed by atoms with Crippen LogP contribution < -0.4 is 5.73 Å². The Morgan fingerprint density at radius 3 is 3.00 bits per heavy atom. The Morgan fingerprint density at radius 2 is 2.31 bits per heavy atom. The molecule has 1 saturated heterocycles. The summed E-state index contributed by atoms with van der Waals surface area (Å²) in [4.78, 5) is 0. The zero-order chi connectivity index (χ0) is 11.4. The van der Waals surface area contributed by atoms with Crippen molar-refractivity contribution in [3.63, 3.8) is 0 Å². The largest absolute Gasteiger partial charge is 0.399 e. The van der Waals surface area contributed by atoms with E-state index in [1.807, 2.05) is 23.9 Å². The minimum atomic E-state index is 0.467. The lowest BCUT2D eigenvalue weighted by Gasteiger charge is -2.09. The molecule has 0 aromatic heterocycles. The van der Waals surface area contributed by atoms with Crippen LogP contribution in [0.25, 0.3) is 0 Å². The van der Waals surface area contributed by atoms with Crippen LogP contribution in [0.15, 0.2) is 22.7 Å². The van der Waals surface area contributed by atoms with Gasteiger partial charge in [-0.2, -0.15) is 11.8 Å². The van der Waals surface area contributed by atoms with Crippen LogP contribution in [0.4, 0.5) is 5.69 Å². The standard InChI is InChI=1S/C12H16BrNOS/c13-10-4-9(5-11(14)6-10)7-16-8-12-2-1-3-15-12/h4-6,12H,1-3,7-8,14H2. The van der Waals surface area contributed by atoms with E-state index in [2.05, 4.69) is 22.0 Å². The summed E-state index contributed by atoms with van der Waals surface area (Å²) in [6, 6.07) is 6.08. The quantitative estimate of drug-likeness (QED) is 0.865. The van der Waals surface area contributed by atoms with Crippen molar-refractivity contribution in [2.75, 3.05) is 18.1 Å². The fourth-order valence-corrected chi connectivity index (χ4v) is 3.45. The SMILES string of the molecule is Nc1cc(Br)cc(CSCC2CCCO2)c1. The number of halogens is 1. The second-order valence-electron chi connectivity index (χ2n) is 4.04. The molecule has 1 heterocycles. The molecule has 16 heavy (non-hydrogen) atoms. The minimum Gasteiger partial charge on any atom is -0.399 e. The molecule has 88 valence electrons. The number of anilines is 1. The van der Waals surface area contributed by atoms with Crippen molar-refractivity contribution in [1.82, 2.24) is 0 Å². The van der Waals surface area contributed by atoms with Gasteiger partial charge in [0.2, 0.25) is 0 Å². The predicted octanol–water partition coefficient (Wildman–Crippen LogP) is 3.44. The maximum Gasteiger partial charge on any atom is 0.0666 e. The molecule has 4 heteroatoms. The lowest BCUT2D eigenvalue weighted by atomic mass is 10.2. The number of nitrogens with two attached hydrogens (primary N) is 1. The maximum absolute atomic E-state index is 5.79. The molecule has 0 spiro atoms. The number of ether oxygens (including phenoxy) is 1. The molecule has 0 aliphatic carbocycles. The first-order chi connectivity index (χ1) is 7.74. The number of hydrogen-bond acceptors (Lipinski definition) is 3. The molecule has 0 bridgehead atoms. The van der Waals surface area contributed by atoms with E-state index in [0.29, 0.717) is 6.10 Å². The van der Waals surface area contributed by atoms with Crippen molar-refractivity contribution in [3.05, 3.63) is 28.2 Å². The summed E-state index contributed by atoms with van der Waals surface area (Å²) in [6.45, 7) is 0.940. The van der Waals surface area contributed by atoms with Crippen molar-refractivity contribution in [2.45, 2.75) is 24.7 Å². The Balaban J connectivity index is 1.80. The van der Waals surface area contributed by atoms with Gasteiger partial charge in [-0.15, -0.1) is 0 Å². The van der Waals surface area contributed by atoms with Crippen LogP contribution in [-0.4, -0.2) is 18.5 Å². The van der Waals surface area contributed by atoms with E-state index < -0.39 is 0 Å². The van der Waals surface area contributed by atoms with Gasteiger partial charge >= 0.3 is 0 Å². The Labute approximate surface area is 109 Å². The normalized spacial score (nSPS) is 20.2. The third-order valence-electron chi connectivity index (χ3n) is 2.58. The molecule has 1 aliphatic rings. The molecule has 1 unspecified atom stereocenters. The lowest BCUT2D eigenvalue weighted by molar-refractivity contribution is 0.129. The summed E-state index contributed by atoms with van der Waals surface area (Å²) in [7, 11) is 0. The Hall–Kier alpha value is -0.190. The van der Waals surface area contributed by atoms with Crippen LogP contribution in [0.3, 0.4) is 0 Å². The maximum atomic E-state index is 5.79. The lowest BCUT2D eigenvalue weighted by Crippen LogP contribution is -2.07. The highest BCUT2D eigenvalue weighted by molar-refractivity contribution is 9.10. The van der Waals surface area contributed by atoms with Gasteiger partial charge in [0.1, 0.15) is 0 Å². The molecular formula is C12H16BrNOS. The van der Waals surface area contributed by atoms with E-state index in [1.165, 1.54) is 18.4 Å². The fourth-order valence-electron chi connectivity index (χ4n) is 1.84. The smallest absolute Gasteiger partial charge is 0.0666 e. The van der Waals surface area contributed by atoms with E-state index in [-0.39, 0.29) is 0 Å². The number of rotatable bonds is 4. The van der Waals surface area contributed by atoms with Gasteiger partial charge in [0.25, 0.3) is 0 Å². The number of benzene rings is 1. The van der Waals surface area contributed by atoms with Gasteiger partial charge in [-0.25, -0.2) is 0 Å². The Morgan fingerprint density at radius 1 is 1.44 bits per heavy atom. The average Bonchev–Trinajstić information content (AvgIpc) is 2.69. The highest BCUT2D eigenvalue weighted by atomic mass is 79.9. The van der Waals surface area contributed by atoms with Crippen molar-refractivity contribution < 1.29 is 4.74 Å². The summed E-state index contributed by atoms with van der Waals surface area (Å²) < 4.78 is 6.64. The zero-order valence-corrected chi connectivity index (χ0v) is 11.5. The molecule has 2 nitrogen and oxygen atoms in total. The number of thioether (sulfide) groups is 1. The van der Waals surface area contributed by atoms with E-state index in [1.54, 1.807) is 0 Å². The van der Waals surface area contributed by atoms with E-state index in [0.717, 1.165) is 28.3 Å². The summed E-state index contributed by atoms with van der Waals surface area (Å²) in [5, 5.41) is 0. The fraction of sp³-hybridized carbons (Fsp3) is 0.500. The highest BCUT2D eigenvalue weighted by Gasteiger charge is 2.14. The monoisotopic (exact) mass is 301 g/mol. The topological polar surface area (TPSA) is 35.2 Å². The van der Waals surface area contributed by atoms with E-state index in [9.17, 15) is 0 Å². The molecule has 2 rings (SSSR count). The van der Waals surface area contributed by atoms with Gasteiger partial charge in [0.05, 0.1) is 6.10 Å². The Bertz CT molecular complexity index is 333. The van der Waals surface area contributed by atoms with Crippen molar-refractivity contribution in [3.8, 4) is 0 Å². The van der Waals surface area contributed by atoms with Crippen LogP contribution in [0.2, 0.25) is 0 Å². The van der Waals surface area contributed by atoms with Crippen molar-refractivity contribution in [1.29, 1.82) is 0 Å². The molecule has 0 radical (unpaired) electrons. The van der Waals surface area contributed by atoms with Crippen molar-refractivity contribution >= 4 is 33.4 Å². The summed E-state index contributed by atoms with van der Waals surface area (Å²) in [6.07, 6.45) is 2.90. The first-order valence-electron chi connectivity index (χ1n) is 5.48. The third kappa shape index (κ3) is 3.68. The van der Waals surface area contributed by atoms with Crippen molar-refractivity contribution in [2.24, 2.45) is 0 Å². The third-order valence-corrected chi connectivity index (χ3v) is 4.18. The molecule has 1 aromatic rings. The van der Waals surface area contributed by atoms with Gasteiger partial charge in [-0.1, -0.05) is 15.9 Å². The first kappa shape index (κ1) is 12.3. The van der Waals surface area contributed by atoms with Crippen LogP contribution in [0.1, 0.15) is 18.4 Å². The molecular weight excluding hydrogens is 286 g/mol. The van der Waals surface area contributed by atoms with Gasteiger partial charge in [-0.05, 0) is 36.6 Å². The zero-order valence-electron chi connectivity index (χ0n) is 9.12. The van der Waals surface area contributed by atoms with Crippen LogP contribution in [-0.2, 0) is 10.5 Å². The molecule has 1 aliphatic heterocycles. The summed E-state index contributed by atoms with van der Waals surface area (Å²) in [5.74, 6) is 2.09. The van der Waals surface area contributed by atoms with Crippen LogP contribution in [0, 0.1) is 0 Å². The first-order valence-corrected chi connectivity index (χ1v) is 7.43. The predicted molar refractivity (Wildman–Crippen MR) is 73.7 cm³/mol. The minimum absolute atomic E-state index is 0.467. The molecule has 0 saturated carbocycles. The van der Waals surface area contributed by atoms with Gasteiger partial charge in [-0.3, -0.25) is 0 Å². The van der Waals surface area contributed by atoms with Gasteiger partial charge in [0, 0.05) is 28.3 Å². The van der Waals surface area contributed by atoms with Gasteiger partial charge in [0.15, 0.2) is 0 Å². The van der Waals surface area contributed by atoms with E-state index >= 15 is 0 Å². The van der Waals surface area contributed by atoms with Gasteiger partial charge < -0.3 is 10.5 Å². The number of hydrogen-bond donors (Lipinski definition) is 1.